The van der Waals surface area contributed by atoms with Crippen molar-refractivity contribution in [3.63, 3.8) is 0 Å². The lowest BCUT2D eigenvalue weighted by Gasteiger charge is -2.21. The number of rotatable bonds is 7. The smallest absolute Gasteiger partial charge is 0.251 e. The first-order valence-electron chi connectivity index (χ1n) is 8.00. The maximum atomic E-state index is 12.1. The highest BCUT2D eigenvalue weighted by Crippen LogP contribution is 2.22. The summed E-state index contributed by atoms with van der Waals surface area (Å²) in [6.07, 6.45) is 7.27. The van der Waals surface area contributed by atoms with Gasteiger partial charge in [0, 0.05) is 12.1 Å². The van der Waals surface area contributed by atoms with E-state index in [1.807, 2.05) is 24.3 Å². The van der Waals surface area contributed by atoms with E-state index in [-0.39, 0.29) is 5.91 Å². The topological polar surface area (TPSA) is 64.3 Å². The van der Waals surface area contributed by atoms with Crippen molar-refractivity contribution in [2.45, 2.75) is 38.5 Å². The Morgan fingerprint density at radius 1 is 1.19 bits per heavy atom. The number of carbonyl (C=O) groups is 1. The van der Waals surface area contributed by atoms with Crippen molar-refractivity contribution < 1.29 is 9.53 Å². The average Bonchev–Trinajstić information content (AvgIpc) is 2.54. The number of hydrogen-bond donors (Lipinski definition) is 2. The summed E-state index contributed by atoms with van der Waals surface area (Å²) < 4.78 is 5.52. The van der Waals surface area contributed by atoms with Gasteiger partial charge in [-0.05, 0) is 56.0 Å². The predicted molar refractivity (Wildman–Crippen MR) is 84.5 cm³/mol. The average molecular weight is 290 g/mol. The Morgan fingerprint density at radius 2 is 1.90 bits per heavy atom. The molecule has 1 amide bonds. The van der Waals surface area contributed by atoms with Gasteiger partial charge in [0.1, 0.15) is 5.75 Å². The highest BCUT2D eigenvalue weighted by molar-refractivity contribution is 5.94. The fourth-order valence-corrected chi connectivity index (χ4v) is 2.71. The molecule has 0 aliphatic heterocycles. The second-order valence-electron chi connectivity index (χ2n) is 5.73. The van der Waals surface area contributed by atoms with E-state index < -0.39 is 0 Å². The van der Waals surface area contributed by atoms with Crippen LogP contribution in [0.25, 0.3) is 0 Å². The Hall–Kier alpha value is -1.55. The molecule has 0 saturated heterocycles. The van der Waals surface area contributed by atoms with E-state index in [4.69, 9.17) is 10.5 Å². The number of hydrogen-bond acceptors (Lipinski definition) is 3. The monoisotopic (exact) mass is 290 g/mol. The molecule has 0 bridgehead atoms. The molecule has 1 aliphatic rings. The first-order chi connectivity index (χ1) is 10.3. The Labute approximate surface area is 127 Å². The molecule has 116 valence electrons. The molecule has 0 unspecified atom stereocenters. The third-order valence-corrected chi connectivity index (χ3v) is 4.01. The van der Waals surface area contributed by atoms with Gasteiger partial charge in [-0.25, -0.2) is 0 Å². The molecule has 1 aromatic rings. The lowest BCUT2D eigenvalue weighted by molar-refractivity contribution is 0.0943. The van der Waals surface area contributed by atoms with Crippen molar-refractivity contribution in [2.75, 3.05) is 19.7 Å². The highest BCUT2D eigenvalue weighted by Gasteiger charge is 2.14. The number of amides is 1. The van der Waals surface area contributed by atoms with Gasteiger partial charge in [0.2, 0.25) is 0 Å². The van der Waals surface area contributed by atoms with Crippen molar-refractivity contribution in [2.24, 2.45) is 11.7 Å². The van der Waals surface area contributed by atoms with Crippen LogP contribution in [0.3, 0.4) is 0 Å². The summed E-state index contributed by atoms with van der Waals surface area (Å²) in [6, 6.07) is 7.31. The first-order valence-corrected chi connectivity index (χ1v) is 8.00. The quantitative estimate of drug-likeness (QED) is 0.759. The number of nitrogens with two attached hydrogens (primary N) is 1. The van der Waals surface area contributed by atoms with Crippen LogP contribution in [0, 0.1) is 5.92 Å². The fourth-order valence-electron chi connectivity index (χ4n) is 2.71. The minimum atomic E-state index is 0.00841. The van der Waals surface area contributed by atoms with Crippen molar-refractivity contribution in [1.82, 2.24) is 5.32 Å². The summed E-state index contributed by atoms with van der Waals surface area (Å²) >= 11 is 0. The third-order valence-electron chi connectivity index (χ3n) is 4.01. The van der Waals surface area contributed by atoms with Crippen LogP contribution in [0.1, 0.15) is 48.9 Å². The summed E-state index contributed by atoms with van der Waals surface area (Å²) in [7, 11) is 0. The SMILES string of the molecule is NCCCOc1ccc(C(=O)NCC2CCCCC2)cc1. The second-order valence-corrected chi connectivity index (χ2v) is 5.73. The first kappa shape index (κ1) is 15.8. The molecule has 0 aromatic heterocycles. The van der Waals surface area contributed by atoms with Crippen LogP contribution in [-0.4, -0.2) is 25.6 Å². The minimum absolute atomic E-state index is 0.00841. The van der Waals surface area contributed by atoms with Crippen LogP contribution in [0.15, 0.2) is 24.3 Å². The summed E-state index contributed by atoms with van der Waals surface area (Å²) in [5.41, 5.74) is 6.11. The van der Waals surface area contributed by atoms with Crippen LogP contribution in [-0.2, 0) is 0 Å². The highest BCUT2D eigenvalue weighted by atomic mass is 16.5. The third kappa shape index (κ3) is 5.38. The van der Waals surface area contributed by atoms with Gasteiger partial charge in [0.05, 0.1) is 6.61 Å². The summed E-state index contributed by atoms with van der Waals surface area (Å²) in [5.74, 6) is 1.45. The van der Waals surface area contributed by atoms with Gasteiger partial charge >= 0.3 is 0 Å². The van der Waals surface area contributed by atoms with Gasteiger partial charge in [-0.3, -0.25) is 4.79 Å². The zero-order valence-corrected chi connectivity index (χ0v) is 12.6. The molecule has 0 radical (unpaired) electrons. The van der Waals surface area contributed by atoms with Gasteiger partial charge < -0.3 is 15.8 Å². The van der Waals surface area contributed by atoms with E-state index in [1.165, 1.54) is 32.1 Å². The molecule has 4 heteroatoms. The van der Waals surface area contributed by atoms with Crippen LogP contribution in [0.2, 0.25) is 0 Å². The molecule has 4 nitrogen and oxygen atoms in total. The van der Waals surface area contributed by atoms with Crippen molar-refractivity contribution in [3.8, 4) is 5.75 Å². The Morgan fingerprint density at radius 3 is 2.57 bits per heavy atom. The number of nitrogens with one attached hydrogen (secondary N) is 1. The van der Waals surface area contributed by atoms with E-state index in [1.54, 1.807) is 0 Å². The fraction of sp³-hybridized carbons (Fsp3) is 0.588. The maximum absolute atomic E-state index is 12.1. The standard InChI is InChI=1S/C17H26N2O2/c18-11-4-12-21-16-9-7-15(8-10-16)17(20)19-13-14-5-2-1-3-6-14/h7-10,14H,1-6,11-13,18H2,(H,19,20). The van der Waals surface area contributed by atoms with Crippen LogP contribution in [0.4, 0.5) is 0 Å². The van der Waals surface area contributed by atoms with Gasteiger partial charge in [-0.15, -0.1) is 0 Å². The lowest BCUT2D eigenvalue weighted by Crippen LogP contribution is -2.30. The van der Waals surface area contributed by atoms with Crippen molar-refractivity contribution in [1.29, 1.82) is 0 Å². The van der Waals surface area contributed by atoms with Gasteiger partial charge in [0.25, 0.3) is 5.91 Å². The Kier molecular flexibility index (Phi) is 6.54. The van der Waals surface area contributed by atoms with Crippen molar-refractivity contribution in [3.05, 3.63) is 29.8 Å². The van der Waals surface area contributed by atoms with Crippen LogP contribution in [0.5, 0.6) is 5.75 Å². The maximum Gasteiger partial charge on any atom is 0.251 e. The molecule has 1 aromatic carbocycles. The molecule has 1 saturated carbocycles. The van der Waals surface area contributed by atoms with E-state index in [9.17, 15) is 4.79 Å². The van der Waals surface area contributed by atoms with E-state index >= 15 is 0 Å². The molecule has 0 spiro atoms. The molecule has 0 atom stereocenters. The molecule has 1 aliphatic carbocycles. The zero-order valence-electron chi connectivity index (χ0n) is 12.6. The second kappa shape index (κ2) is 8.67. The molecule has 2 rings (SSSR count). The van der Waals surface area contributed by atoms with Crippen LogP contribution >= 0.6 is 0 Å². The van der Waals surface area contributed by atoms with E-state index in [0.717, 1.165) is 18.7 Å². The summed E-state index contributed by atoms with van der Waals surface area (Å²) in [4.78, 5) is 12.1. The largest absolute Gasteiger partial charge is 0.494 e. The van der Waals surface area contributed by atoms with E-state index in [0.29, 0.717) is 24.6 Å². The van der Waals surface area contributed by atoms with Crippen LogP contribution < -0.4 is 15.8 Å². The van der Waals surface area contributed by atoms with E-state index in [2.05, 4.69) is 5.32 Å². The van der Waals surface area contributed by atoms with Gasteiger partial charge in [0.15, 0.2) is 0 Å². The molecular formula is C17H26N2O2. The summed E-state index contributed by atoms with van der Waals surface area (Å²) in [5, 5.41) is 3.04. The normalized spacial score (nSPS) is 15.7. The minimum Gasteiger partial charge on any atom is -0.494 e. The number of carbonyl (C=O) groups excluding carboxylic acids is 1. The molecule has 3 N–H and O–H groups in total. The molecular weight excluding hydrogens is 264 g/mol. The molecule has 0 heterocycles. The summed E-state index contributed by atoms with van der Waals surface area (Å²) in [6.45, 7) is 2.04. The lowest BCUT2D eigenvalue weighted by atomic mass is 9.89. The predicted octanol–water partition coefficient (Wildman–Crippen LogP) is 2.72. The van der Waals surface area contributed by atoms with Crippen molar-refractivity contribution >= 4 is 5.91 Å². The molecule has 1 fully saturated rings. The van der Waals surface area contributed by atoms with Gasteiger partial charge in [-0.1, -0.05) is 19.3 Å². The zero-order chi connectivity index (χ0) is 14.9. The number of ether oxygens (including phenoxy) is 1. The Balaban J connectivity index is 1.76. The van der Waals surface area contributed by atoms with Gasteiger partial charge in [-0.2, -0.15) is 0 Å². The number of benzene rings is 1. The molecule has 21 heavy (non-hydrogen) atoms. The Bertz CT molecular complexity index is 425.